The van der Waals surface area contributed by atoms with Gasteiger partial charge in [-0.15, -0.1) is 24.0 Å². The minimum absolute atomic E-state index is 0. The third kappa shape index (κ3) is 10.9. The average Bonchev–Trinajstić information content (AvgIpc) is 2.45. The number of hydrogen-bond donors (Lipinski definition) is 2. The molecule has 0 aliphatic rings. The number of hydrogen-bond acceptors (Lipinski definition) is 3. The summed E-state index contributed by atoms with van der Waals surface area (Å²) in [6.07, 6.45) is 4.43. The fourth-order valence-electron chi connectivity index (χ4n) is 2.54. The maximum atomic E-state index is 13.5. The molecular formula is C18H31FIN3O2S. The summed E-state index contributed by atoms with van der Waals surface area (Å²) in [5.74, 6) is 0.402. The normalized spacial score (nSPS) is 13.4. The van der Waals surface area contributed by atoms with Gasteiger partial charge in [-0.1, -0.05) is 32.8 Å². The molecule has 1 aromatic rings. The highest BCUT2D eigenvalue weighted by Crippen LogP contribution is 2.15. The Kier molecular flexibility index (Phi) is 11.3. The predicted molar refractivity (Wildman–Crippen MR) is 117 cm³/mol. The maximum absolute atomic E-state index is 13.5. The van der Waals surface area contributed by atoms with Gasteiger partial charge in [0.2, 0.25) is 0 Å². The molecule has 0 heterocycles. The van der Waals surface area contributed by atoms with E-state index in [1.54, 1.807) is 0 Å². The van der Waals surface area contributed by atoms with Gasteiger partial charge in [0.1, 0.15) is 5.82 Å². The maximum Gasteiger partial charge on any atom is 0.189 e. The topological polar surface area (TPSA) is 84.5 Å². The zero-order valence-corrected chi connectivity index (χ0v) is 19.1. The Hall–Kier alpha value is -0.900. The first-order valence-corrected chi connectivity index (χ1v) is 10.6. The van der Waals surface area contributed by atoms with E-state index in [2.05, 4.69) is 24.2 Å². The highest BCUT2D eigenvalue weighted by Gasteiger charge is 2.11. The Morgan fingerprint density at radius 1 is 1.23 bits per heavy atom. The van der Waals surface area contributed by atoms with E-state index in [4.69, 9.17) is 5.73 Å². The van der Waals surface area contributed by atoms with Crippen molar-refractivity contribution >= 4 is 39.8 Å². The lowest BCUT2D eigenvalue weighted by Gasteiger charge is -2.15. The van der Waals surface area contributed by atoms with E-state index in [0.717, 1.165) is 19.1 Å². The van der Waals surface area contributed by atoms with Crippen molar-refractivity contribution in [2.45, 2.75) is 58.4 Å². The molecule has 0 saturated heterocycles. The molecule has 0 aromatic heterocycles. The number of nitrogens with zero attached hydrogens (tertiary/aromatic N) is 1. The van der Waals surface area contributed by atoms with Gasteiger partial charge in [0.25, 0.3) is 0 Å². The fraction of sp³-hybridized carbons (Fsp3) is 0.611. The molecule has 8 heteroatoms. The smallest absolute Gasteiger partial charge is 0.189 e. The van der Waals surface area contributed by atoms with Crippen LogP contribution < -0.4 is 11.1 Å². The van der Waals surface area contributed by atoms with E-state index in [1.165, 1.54) is 24.6 Å². The van der Waals surface area contributed by atoms with Crippen LogP contribution in [0, 0.1) is 11.7 Å². The van der Waals surface area contributed by atoms with Crippen molar-refractivity contribution in [3.8, 4) is 0 Å². The van der Waals surface area contributed by atoms with Crippen LogP contribution in [0.5, 0.6) is 0 Å². The van der Waals surface area contributed by atoms with Crippen LogP contribution in [0.1, 0.15) is 51.2 Å². The lowest BCUT2D eigenvalue weighted by Crippen LogP contribution is -2.38. The number of sulfone groups is 1. The van der Waals surface area contributed by atoms with Gasteiger partial charge in [-0.3, -0.25) is 0 Å². The van der Waals surface area contributed by atoms with Gasteiger partial charge in [0.05, 0.1) is 12.3 Å². The molecule has 150 valence electrons. The summed E-state index contributed by atoms with van der Waals surface area (Å²) in [7, 11) is -3.21. The first-order chi connectivity index (χ1) is 11.6. The quantitative estimate of drug-likeness (QED) is 0.309. The van der Waals surface area contributed by atoms with Gasteiger partial charge in [-0.2, -0.15) is 0 Å². The van der Waals surface area contributed by atoms with Crippen LogP contribution in [-0.2, 0) is 22.1 Å². The minimum atomic E-state index is -3.21. The van der Waals surface area contributed by atoms with Gasteiger partial charge in [-0.05, 0) is 42.5 Å². The largest absolute Gasteiger partial charge is 0.370 e. The van der Waals surface area contributed by atoms with Crippen molar-refractivity contribution in [3.05, 3.63) is 35.1 Å². The molecule has 0 fully saturated rings. The number of guanidine groups is 1. The molecule has 0 radical (unpaired) electrons. The highest BCUT2D eigenvalue weighted by molar-refractivity contribution is 14.0. The van der Waals surface area contributed by atoms with Crippen LogP contribution in [0.15, 0.2) is 23.2 Å². The number of rotatable bonds is 9. The molecule has 0 aliphatic heterocycles. The molecule has 0 spiro atoms. The minimum Gasteiger partial charge on any atom is -0.370 e. The Balaban J connectivity index is 0.00000625. The summed E-state index contributed by atoms with van der Waals surface area (Å²) in [4.78, 5) is 4.23. The molecule has 1 unspecified atom stereocenters. The zero-order chi connectivity index (χ0) is 19.0. The van der Waals surface area contributed by atoms with Crippen molar-refractivity contribution in [2.24, 2.45) is 16.6 Å². The second-order valence-electron chi connectivity index (χ2n) is 7.05. The van der Waals surface area contributed by atoms with Crippen molar-refractivity contribution in [3.63, 3.8) is 0 Å². The summed E-state index contributed by atoms with van der Waals surface area (Å²) >= 11 is 0. The molecule has 0 amide bonds. The van der Waals surface area contributed by atoms with Gasteiger partial charge in [0, 0.05) is 12.3 Å². The van der Waals surface area contributed by atoms with Gasteiger partial charge < -0.3 is 11.1 Å². The summed E-state index contributed by atoms with van der Waals surface area (Å²) in [5, 5.41) is 3.12. The molecule has 26 heavy (non-hydrogen) atoms. The van der Waals surface area contributed by atoms with E-state index in [0.29, 0.717) is 17.0 Å². The first kappa shape index (κ1) is 25.1. The highest BCUT2D eigenvalue weighted by atomic mass is 127. The first-order valence-electron chi connectivity index (χ1n) is 8.58. The molecule has 0 saturated carbocycles. The van der Waals surface area contributed by atoms with Crippen LogP contribution >= 0.6 is 24.0 Å². The number of benzene rings is 1. The Morgan fingerprint density at radius 2 is 1.88 bits per heavy atom. The van der Waals surface area contributed by atoms with E-state index >= 15 is 0 Å². The zero-order valence-electron chi connectivity index (χ0n) is 16.0. The standard InChI is InChI=1S/C18H30FN3O2S.HI/c1-13(2)6-5-7-14(3)22-18(20)21-11-16-10-17(19)9-8-15(16)12-25(4,23)24;/h8-10,13-14H,5-7,11-12H2,1-4H3,(H3,20,21,22);1H. The molecule has 0 aliphatic carbocycles. The molecule has 1 rings (SSSR count). The monoisotopic (exact) mass is 499 g/mol. The third-order valence-electron chi connectivity index (χ3n) is 3.82. The fourth-order valence-corrected chi connectivity index (χ4v) is 3.38. The second kappa shape index (κ2) is 11.7. The van der Waals surface area contributed by atoms with E-state index in [9.17, 15) is 12.8 Å². The predicted octanol–water partition coefficient (Wildman–Crippen LogP) is 3.61. The number of halogens is 2. The summed E-state index contributed by atoms with van der Waals surface area (Å²) < 4.78 is 36.5. The Labute approximate surface area is 174 Å². The summed E-state index contributed by atoms with van der Waals surface area (Å²) in [6, 6.07) is 4.25. The molecule has 1 atom stereocenters. The average molecular weight is 499 g/mol. The molecule has 0 bridgehead atoms. The number of nitrogens with two attached hydrogens (primary N) is 1. The summed E-state index contributed by atoms with van der Waals surface area (Å²) in [6.45, 7) is 6.57. The van der Waals surface area contributed by atoms with Gasteiger partial charge >= 0.3 is 0 Å². The molecule has 1 aromatic carbocycles. The van der Waals surface area contributed by atoms with Crippen molar-refractivity contribution in [2.75, 3.05) is 6.26 Å². The number of aliphatic imine (C=N–C) groups is 1. The SMILES string of the molecule is CC(C)CCCC(C)NC(N)=NCc1cc(F)ccc1CS(C)(=O)=O.I. The van der Waals surface area contributed by atoms with E-state index in [1.807, 2.05) is 6.92 Å². The molecule has 3 N–H and O–H groups in total. The van der Waals surface area contributed by atoms with Crippen molar-refractivity contribution < 1.29 is 12.8 Å². The number of nitrogens with one attached hydrogen (secondary N) is 1. The van der Waals surface area contributed by atoms with Crippen LogP contribution in [0.25, 0.3) is 0 Å². The van der Waals surface area contributed by atoms with E-state index < -0.39 is 15.7 Å². The van der Waals surface area contributed by atoms with Crippen LogP contribution in [0.3, 0.4) is 0 Å². The summed E-state index contributed by atoms with van der Waals surface area (Å²) in [5.41, 5.74) is 6.97. The van der Waals surface area contributed by atoms with Gasteiger partial charge in [0.15, 0.2) is 15.8 Å². The third-order valence-corrected chi connectivity index (χ3v) is 4.65. The van der Waals surface area contributed by atoms with Crippen molar-refractivity contribution in [1.82, 2.24) is 5.32 Å². The lowest BCUT2D eigenvalue weighted by molar-refractivity contribution is 0.493. The molecular weight excluding hydrogens is 468 g/mol. The van der Waals surface area contributed by atoms with Crippen LogP contribution in [-0.4, -0.2) is 26.7 Å². The second-order valence-corrected chi connectivity index (χ2v) is 9.19. The Bertz CT molecular complexity index is 694. The Morgan fingerprint density at radius 3 is 2.46 bits per heavy atom. The van der Waals surface area contributed by atoms with Crippen LogP contribution in [0.2, 0.25) is 0 Å². The van der Waals surface area contributed by atoms with Crippen LogP contribution in [0.4, 0.5) is 4.39 Å². The molecule has 5 nitrogen and oxygen atoms in total. The lowest BCUT2D eigenvalue weighted by atomic mass is 10.0. The van der Waals surface area contributed by atoms with Crippen molar-refractivity contribution in [1.29, 1.82) is 0 Å². The van der Waals surface area contributed by atoms with Gasteiger partial charge in [-0.25, -0.2) is 17.8 Å². The van der Waals surface area contributed by atoms with E-state index in [-0.39, 0.29) is 48.3 Å².